The van der Waals surface area contributed by atoms with E-state index in [9.17, 15) is 17.6 Å². The summed E-state index contributed by atoms with van der Waals surface area (Å²) >= 11 is 0. The Kier molecular flexibility index (Phi) is 5.24. The van der Waals surface area contributed by atoms with E-state index in [0.29, 0.717) is 6.54 Å². The van der Waals surface area contributed by atoms with Gasteiger partial charge in [-0.15, -0.1) is 0 Å². The van der Waals surface area contributed by atoms with Crippen LogP contribution in [0.2, 0.25) is 0 Å². The molecule has 2 aromatic carbocycles. The maximum atomic E-state index is 12.9. The zero-order valence-corrected chi connectivity index (χ0v) is 12.8. The van der Waals surface area contributed by atoms with E-state index >= 15 is 0 Å². The molecule has 0 aliphatic rings. The fraction of sp³-hybridized carbons (Fsp3) is 0.167. The minimum atomic E-state index is -4.58. The predicted octanol–water partition coefficient (Wildman–Crippen LogP) is 5.23. The summed E-state index contributed by atoms with van der Waals surface area (Å²) in [7, 11) is 0. The number of anilines is 1. The highest BCUT2D eigenvalue weighted by atomic mass is 19.4. The van der Waals surface area contributed by atoms with Gasteiger partial charge in [0.05, 0.1) is 17.2 Å². The fourth-order valence-corrected chi connectivity index (χ4v) is 2.14. The van der Waals surface area contributed by atoms with Crippen molar-refractivity contribution < 1.29 is 17.6 Å². The third-order valence-corrected chi connectivity index (χ3v) is 3.46. The van der Waals surface area contributed by atoms with Gasteiger partial charge in [0.25, 0.3) is 0 Å². The molecule has 124 valence electrons. The van der Waals surface area contributed by atoms with E-state index in [2.05, 4.69) is 5.32 Å². The van der Waals surface area contributed by atoms with Crippen LogP contribution in [-0.2, 0) is 6.18 Å². The van der Waals surface area contributed by atoms with Crippen molar-refractivity contribution in [2.24, 2.45) is 0 Å². The second-order valence-corrected chi connectivity index (χ2v) is 5.14. The third-order valence-electron chi connectivity index (χ3n) is 3.46. The van der Waals surface area contributed by atoms with E-state index in [1.807, 2.05) is 6.92 Å². The van der Waals surface area contributed by atoms with Gasteiger partial charge in [-0.25, -0.2) is 4.39 Å². The zero-order chi connectivity index (χ0) is 17.7. The molecule has 2 nitrogen and oxygen atoms in total. The van der Waals surface area contributed by atoms with Crippen molar-refractivity contribution in [3.05, 3.63) is 71.0 Å². The van der Waals surface area contributed by atoms with E-state index in [0.717, 1.165) is 23.3 Å². The summed E-state index contributed by atoms with van der Waals surface area (Å²) in [5.41, 5.74) is 0.589. The lowest BCUT2D eigenvalue weighted by atomic mass is 10.1. The third kappa shape index (κ3) is 4.35. The molecular formula is C18H14F4N2. The van der Waals surface area contributed by atoms with E-state index in [1.165, 1.54) is 24.3 Å². The fourth-order valence-electron chi connectivity index (χ4n) is 2.14. The smallest absolute Gasteiger partial charge is 0.382 e. The first-order chi connectivity index (χ1) is 11.3. The number of nitrogens with one attached hydrogen (secondary N) is 1. The summed E-state index contributed by atoms with van der Waals surface area (Å²) in [4.78, 5) is 0. The van der Waals surface area contributed by atoms with Gasteiger partial charge in [-0.1, -0.05) is 18.2 Å². The van der Waals surface area contributed by atoms with Crippen LogP contribution in [-0.4, -0.2) is 6.54 Å². The largest absolute Gasteiger partial charge is 0.417 e. The molecule has 0 aliphatic heterocycles. The van der Waals surface area contributed by atoms with Crippen molar-refractivity contribution in [1.82, 2.24) is 0 Å². The second-order valence-electron chi connectivity index (χ2n) is 5.14. The number of halogens is 4. The molecule has 1 N–H and O–H groups in total. The molecule has 0 bridgehead atoms. The summed E-state index contributed by atoms with van der Waals surface area (Å²) in [6.07, 6.45) is -2.79. The van der Waals surface area contributed by atoms with Crippen LogP contribution in [0, 0.1) is 17.1 Å². The van der Waals surface area contributed by atoms with Crippen LogP contribution in [0.15, 0.2) is 48.5 Å². The first-order valence-electron chi connectivity index (χ1n) is 7.09. The van der Waals surface area contributed by atoms with E-state index < -0.39 is 17.3 Å². The van der Waals surface area contributed by atoms with E-state index in [-0.39, 0.29) is 11.5 Å². The molecule has 0 atom stereocenters. The topological polar surface area (TPSA) is 35.8 Å². The van der Waals surface area contributed by atoms with Gasteiger partial charge in [0, 0.05) is 12.2 Å². The Balaban J connectivity index is 2.11. The monoisotopic (exact) mass is 334 g/mol. The number of hydrogen-bond acceptors (Lipinski definition) is 2. The average Bonchev–Trinajstić information content (AvgIpc) is 2.54. The quantitative estimate of drug-likeness (QED) is 0.777. The van der Waals surface area contributed by atoms with Crippen LogP contribution in [0.5, 0.6) is 0 Å². The van der Waals surface area contributed by atoms with Crippen LogP contribution < -0.4 is 5.32 Å². The number of rotatable bonds is 4. The Morgan fingerprint density at radius 2 is 1.83 bits per heavy atom. The van der Waals surface area contributed by atoms with Crippen LogP contribution >= 0.6 is 0 Å². The van der Waals surface area contributed by atoms with Gasteiger partial charge in [0.1, 0.15) is 5.82 Å². The highest BCUT2D eigenvalue weighted by Crippen LogP contribution is 2.33. The van der Waals surface area contributed by atoms with Gasteiger partial charge >= 0.3 is 6.18 Å². The van der Waals surface area contributed by atoms with Gasteiger partial charge in [0.2, 0.25) is 0 Å². The minimum Gasteiger partial charge on any atom is -0.382 e. The van der Waals surface area contributed by atoms with Crippen LogP contribution in [0.25, 0.3) is 5.57 Å². The Morgan fingerprint density at radius 3 is 2.42 bits per heavy atom. The summed E-state index contributed by atoms with van der Waals surface area (Å²) in [5, 5.41) is 11.6. The average molecular weight is 334 g/mol. The van der Waals surface area contributed by atoms with E-state index in [4.69, 9.17) is 5.26 Å². The van der Waals surface area contributed by atoms with Gasteiger partial charge in [-0.2, -0.15) is 18.4 Å². The molecule has 6 heteroatoms. The maximum Gasteiger partial charge on any atom is 0.417 e. The minimum absolute atomic E-state index is 0.268. The van der Waals surface area contributed by atoms with Crippen LogP contribution in [0.1, 0.15) is 23.6 Å². The van der Waals surface area contributed by atoms with Gasteiger partial charge in [-0.3, -0.25) is 0 Å². The molecule has 0 aromatic heterocycles. The lowest BCUT2D eigenvalue weighted by molar-refractivity contribution is -0.137. The number of nitriles is 1. The van der Waals surface area contributed by atoms with Crippen LogP contribution in [0.3, 0.4) is 0 Å². The molecule has 0 saturated heterocycles. The molecule has 0 fully saturated rings. The molecule has 0 heterocycles. The summed E-state index contributed by atoms with van der Waals surface area (Å²) in [6, 6.07) is 11.0. The Morgan fingerprint density at radius 1 is 1.17 bits per heavy atom. The SMILES string of the molecule is CC(=CCNc1ccc(C#N)c(C(F)(F)F)c1)c1ccc(F)cc1. The summed E-state index contributed by atoms with van der Waals surface area (Å²) in [5.74, 6) is -0.332. The number of benzene rings is 2. The van der Waals surface area contributed by atoms with Crippen molar-refractivity contribution in [2.75, 3.05) is 11.9 Å². The van der Waals surface area contributed by atoms with Gasteiger partial charge in [0.15, 0.2) is 0 Å². The molecule has 2 aromatic rings. The highest BCUT2D eigenvalue weighted by Gasteiger charge is 2.33. The molecule has 0 spiro atoms. The number of nitrogens with zero attached hydrogens (tertiary/aromatic N) is 1. The highest BCUT2D eigenvalue weighted by molar-refractivity contribution is 5.64. The van der Waals surface area contributed by atoms with Crippen molar-refractivity contribution in [3.63, 3.8) is 0 Å². The second kappa shape index (κ2) is 7.18. The van der Waals surface area contributed by atoms with Crippen molar-refractivity contribution in [2.45, 2.75) is 13.1 Å². The maximum absolute atomic E-state index is 12.9. The molecule has 2 rings (SSSR count). The summed E-state index contributed by atoms with van der Waals surface area (Å²) in [6.45, 7) is 2.13. The predicted molar refractivity (Wildman–Crippen MR) is 84.7 cm³/mol. The van der Waals surface area contributed by atoms with E-state index in [1.54, 1.807) is 18.2 Å². The Bertz CT molecular complexity index is 784. The lowest BCUT2D eigenvalue weighted by Gasteiger charge is -2.11. The number of allylic oxidation sites excluding steroid dienone is 1. The first-order valence-corrected chi connectivity index (χ1v) is 7.09. The molecule has 0 unspecified atom stereocenters. The van der Waals surface area contributed by atoms with Crippen molar-refractivity contribution >= 4 is 11.3 Å². The molecule has 0 aliphatic carbocycles. The Hall–Kier alpha value is -2.81. The van der Waals surface area contributed by atoms with Gasteiger partial charge < -0.3 is 5.32 Å². The lowest BCUT2D eigenvalue weighted by Crippen LogP contribution is -2.09. The normalized spacial score (nSPS) is 11.9. The van der Waals surface area contributed by atoms with Crippen LogP contribution in [0.4, 0.5) is 23.2 Å². The first kappa shape index (κ1) is 17.5. The molecule has 0 amide bonds. The molecular weight excluding hydrogens is 320 g/mol. The van der Waals surface area contributed by atoms with Crippen molar-refractivity contribution in [1.29, 1.82) is 5.26 Å². The molecule has 0 radical (unpaired) electrons. The standard InChI is InChI=1S/C18H14F4N2/c1-12(13-2-5-15(19)6-3-13)8-9-24-16-7-4-14(11-23)17(10-16)18(20,21)22/h2-8,10,24H,9H2,1H3. The number of hydrogen-bond donors (Lipinski definition) is 1. The zero-order valence-electron chi connectivity index (χ0n) is 12.8. The number of alkyl halides is 3. The summed E-state index contributed by atoms with van der Waals surface area (Å²) < 4.78 is 51.6. The Labute approximate surface area is 137 Å². The van der Waals surface area contributed by atoms with Gasteiger partial charge in [-0.05, 0) is 48.4 Å². The molecule has 0 saturated carbocycles. The molecule has 24 heavy (non-hydrogen) atoms. The van der Waals surface area contributed by atoms with Crippen molar-refractivity contribution in [3.8, 4) is 6.07 Å².